The van der Waals surface area contributed by atoms with Crippen LogP contribution >= 0.6 is 22.9 Å². The smallest absolute Gasteiger partial charge is 0.139 e. The molecule has 0 aromatic carbocycles. The molecular formula is C21H26ClN3OS. The summed E-state index contributed by atoms with van der Waals surface area (Å²) >= 11 is 7.67. The summed E-state index contributed by atoms with van der Waals surface area (Å²) in [7, 11) is 4.30. The summed E-state index contributed by atoms with van der Waals surface area (Å²) in [5.74, 6) is 8.34. The second-order valence-electron chi connectivity index (χ2n) is 7.46. The van der Waals surface area contributed by atoms with Gasteiger partial charge in [-0.15, -0.1) is 11.3 Å². The molecule has 144 valence electrons. The average molecular weight is 404 g/mol. The van der Waals surface area contributed by atoms with Crippen LogP contribution in [-0.2, 0) is 0 Å². The molecule has 0 N–H and O–H groups in total. The zero-order valence-electron chi connectivity index (χ0n) is 16.2. The van der Waals surface area contributed by atoms with E-state index in [4.69, 9.17) is 16.3 Å². The van der Waals surface area contributed by atoms with E-state index in [1.165, 1.54) is 32.2 Å². The molecular weight excluding hydrogens is 378 g/mol. The maximum absolute atomic E-state index is 6.11. The molecule has 0 atom stereocenters. The summed E-state index contributed by atoms with van der Waals surface area (Å²) in [6.45, 7) is 3.87. The normalized spacial score (nSPS) is 19.6. The van der Waals surface area contributed by atoms with Gasteiger partial charge in [0.25, 0.3) is 0 Å². The van der Waals surface area contributed by atoms with Gasteiger partial charge in [0.05, 0.1) is 17.2 Å². The molecule has 0 bridgehead atoms. The fraction of sp³-hybridized carbons (Fsp3) is 0.524. The third kappa shape index (κ3) is 6.21. The number of thiazole rings is 1. The largest absolute Gasteiger partial charge is 0.492 e. The second-order valence-corrected chi connectivity index (χ2v) is 8.91. The summed E-state index contributed by atoms with van der Waals surface area (Å²) in [6, 6.07) is 1.76. The van der Waals surface area contributed by atoms with Crippen molar-refractivity contribution in [1.82, 2.24) is 14.9 Å². The first kappa shape index (κ1) is 20.1. The lowest BCUT2D eigenvalue weighted by Crippen LogP contribution is -2.27. The molecule has 0 amide bonds. The lowest BCUT2D eigenvalue weighted by atomic mass is 9.82. The molecule has 27 heavy (non-hydrogen) atoms. The number of ether oxygens (including phenoxy) is 1. The van der Waals surface area contributed by atoms with Gasteiger partial charge in [0, 0.05) is 24.2 Å². The van der Waals surface area contributed by atoms with Crippen molar-refractivity contribution in [3.8, 4) is 17.6 Å². The highest BCUT2D eigenvalue weighted by molar-refractivity contribution is 7.09. The molecule has 0 radical (unpaired) electrons. The van der Waals surface area contributed by atoms with Crippen molar-refractivity contribution in [2.45, 2.75) is 32.6 Å². The first-order chi connectivity index (χ1) is 13.0. The maximum Gasteiger partial charge on any atom is 0.139 e. The van der Waals surface area contributed by atoms with Gasteiger partial charge in [-0.2, -0.15) is 0 Å². The average Bonchev–Trinajstić information content (AvgIpc) is 3.05. The van der Waals surface area contributed by atoms with Crippen LogP contribution in [-0.4, -0.2) is 42.1 Å². The van der Waals surface area contributed by atoms with E-state index in [0.717, 1.165) is 22.2 Å². The van der Waals surface area contributed by atoms with Crippen molar-refractivity contribution < 1.29 is 4.74 Å². The number of aryl methyl sites for hydroxylation is 1. The van der Waals surface area contributed by atoms with Crippen LogP contribution in [0.3, 0.4) is 0 Å². The van der Waals surface area contributed by atoms with E-state index in [9.17, 15) is 0 Å². The third-order valence-electron chi connectivity index (χ3n) is 4.84. The fourth-order valence-electron chi connectivity index (χ4n) is 3.48. The van der Waals surface area contributed by atoms with Crippen molar-refractivity contribution in [2.75, 3.05) is 27.2 Å². The Hall–Kier alpha value is -1.61. The number of halogens is 1. The summed E-state index contributed by atoms with van der Waals surface area (Å²) < 4.78 is 6.11. The predicted octanol–water partition coefficient (Wildman–Crippen LogP) is 4.65. The Kier molecular flexibility index (Phi) is 7.12. The number of aromatic nitrogens is 2. The minimum atomic E-state index is 0.426. The first-order valence-electron chi connectivity index (χ1n) is 9.37. The van der Waals surface area contributed by atoms with E-state index < -0.39 is 0 Å². The Morgan fingerprint density at radius 3 is 2.63 bits per heavy atom. The zero-order chi connectivity index (χ0) is 19.2. The van der Waals surface area contributed by atoms with Crippen molar-refractivity contribution in [2.24, 2.45) is 11.8 Å². The Morgan fingerprint density at radius 1 is 1.22 bits per heavy atom. The van der Waals surface area contributed by atoms with E-state index in [1.54, 1.807) is 23.6 Å². The lowest BCUT2D eigenvalue weighted by molar-refractivity contribution is 0.166. The molecule has 6 heteroatoms. The fourth-order valence-corrected chi connectivity index (χ4v) is 4.18. The van der Waals surface area contributed by atoms with E-state index in [2.05, 4.69) is 40.8 Å². The van der Waals surface area contributed by atoms with Crippen LogP contribution in [0.4, 0.5) is 0 Å². The predicted molar refractivity (Wildman–Crippen MR) is 112 cm³/mol. The van der Waals surface area contributed by atoms with Gasteiger partial charge >= 0.3 is 0 Å². The molecule has 3 rings (SSSR count). The van der Waals surface area contributed by atoms with E-state index in [0.29, 0.717) is 23.4 Å². The van der Waals surface area contributed by atoms with Crippen molar-refractivity contribution in [3.63, 3.8) is 0 Å². The molecule has 4 nitrogen and oxygen atoms in total. The number of rotatable bonds is 5. The van der Waals surface area contributed by atoms with Crippen LogP contribution < -0.4 is 4.74 Å². The first-order valence-corrected chi connectivity index (χ1v) is 10.6. The molecule has 2 heterocycles. The van der Waals surface area contributed by atoms with Gasteiger partial charge in [-0.25, -0.2) is 9.97 Å². The SMILES string of the molecule is Cc1nc(C#Cc2cnc(Cl)cc2OCC2CCC(CN(C)C)CC2)cs1. The highest BCUT2D eigenvalue weighted by atomic mass is 35.5. The Balaban J connectivity index is 1.60. The Labute approximate surface area is 170 Å². The molecule has 0 saturated heterocycles. The molecule has 2 aromatic heterocycles. The van der Waals surface area contributed by atoms with Gasteiger partial charge < -0.3 is 9.64 Å². The third-order valence-corrected chi connectivity index (χ3v) is 5.82. The molecule has 0 spiro atoms. The van der Waals surface area contributed by atoms with Crippen molar-refractivity contribution >= 4 is 22.9 Å². The molecule has 1 aliphatic rings. The second kappa shape index (κ2) is 9.54. The van der Waals surface area contributed by atoms with E-state index in [1.807, 2.05) is 12.3 Å². The number of pyridine rings is 1. The van der Waals surface area contributed by atoms with Gasteiger partial charge in [-0.05, 0) is 64.5 Å². The highest BCUT2D eigenvalue weighted by Crippen LogP contribution is 2.30. The van der Waals surface area contributed by atoms with E-state index >= 15 is 0 Å². The summed E-state index contributed by atoms with van der Waals surface area (Å²) in [6.07, 6.45) is 6.67. The Morgan fingerprint density at radius 2 is 1.96 bits per heavy atom. The van der Waals surface area contributed by atoms with Gasteiger partial charge in [0.15, 0.2) is 0 Å². The monoisotopic (exact) mass is 403 g/mol. The number of hydrogen-bond donors (Lipinski definition) is 0. The summed E-state index contributed by atoms with van der Waals surface area (Å²) in [5, 5.41) is 3.39. The minimum absolute atomic E-state index is 0.426. The zero-order valence-corrected chi connectivity index (χ0v) is 17.7. The summed E-state index contributed by atoms with van der Waals surface area (Å²) in [4.78, 5) is 10.8. The molecule has 1 saturated carbocycles. The molecule has 1 aliphatic carbocycles. The van der Waals surface area contributed by atoms with Crippen molar-refractivity contribution in [1.29, 1.82) is 0 Å². The quantitative estimate of drug-likeness (QED) is 0.538. The molecule has 1 fully saturated rings. The van der Waals surface area contributed by atoms with Crippen LogP contribution in [0.25, 0.3) is 0 Å². The number of hydrogen-bond acceptors (Lipinski definition) is 5. The standard InChI is InChI=1S/C21H26ClN3OS/c1-15-24-19(14-27-15)9-8-18-11-23-21(22)10-20(18)26-13-17-6-4-16(5-7-17)12-25(2)3/h10-11,14,16-17H,4-7,12-13H2,1-3H3. The maximum atomic E-state index is 6.11. The lowest BCUT2D eigenvalue weighted by Gasteiger charge is -2.30. The molecule has 0 aliphatic heterocycles. The highest BCUT2D eigenvalue weighted by Gasteiger charge is 2.22. The van der Waals surface area contributed by atoms with E-state index in [-0.39, 0.29) is 0 Å². The van der Waals surface area contributed by atoms with Gasteiger partial charge in [0.1, 0.15) is 16.6 Å². The number of nitrogens with zero attached hydrogens (tertiary/aromatic N) is 3. The van der Waals surface area contributed by atoms with Crippen LogP contribution in [0, 0.1) is 30.6 Å². The van der Waals surface area contributed by atoms with Crippen LogP contribution in [0.2, 0.25) is 5.15 Å². The Bertz CT molecular complexity index is 816. The van der Waals surface area contributed by atoms with Crippen LogP contribution in [0.15, 0.2) is 17.6 Å². The topological polar surface area (TPSA) is 38.3 Å². The summed E-state index contributed by atoms with van der Waals surface area (Å²) in [5.41, 5.74) is 1.53. The van der Waals surface area contributed by atoms with Gasteiger partial charge in [-0.3, -0.25) is 0 Å². The van der Waals surface area contributed by atoms with Gasteiger partial charge in [-0.1, -0.05) is 17.5 Å². The molecule has 0 unspecified atom stereocenters. The van der Waals surface area contributed by atoms with Crippen LogP contribution in [0.1, 0.15) is 41.9 Å². The minimum Gasteiger partial charge on any atom is -0.492 e. The van der Waals surface area contributed by atoms with Crippen LogP contribution in [0.5, 0.6) is 5.75 Å². The van der Waals surface area contributed by atoms with Gasteiger partial charge in [0.2, 0.25) is 0 Å². The van der Waals surface area contributed by atoms with Crippen molar-refractivity contribution in [3.05, 3.63) is 39.1 Å². The molecule has 2 aromatic rings.